The molecular weight excluding hydrogens is 390 g/mol. The summed E-state index contributed by atoms with van der Waals surface area (Å²) in [4.78, 5) is 23.6. The number of aromatic nitrogens is 4. The third-order valence-corrected chi connectivity index (χ3v) is 5.59. The molecule has 0 bridgehead atoms. The molecule has 0 N–H and O–H groups in total. The van der Waals surface area contributed by atoms with Crippen molar-refractivity contribution in [3.63, 3.8) is 0 Å². The Morgan fingerprint density at radius 2 is 2.06 bits per heavy atom. The number of pyridine rings is 2. The zero-order valence-electron chi connectivity index (χ0n) is 17.1. The molecule has 1 aliphatic heterocycles. The highest BCUT2D eigenvalue weighted by Crippen LogP contribution is 2.20. The average molecular weight is 413 g/mol. The van der Waals surface area contributed by atoms with Crippen molar-refractivity contribution in [1.82, 2.24) is 24.6 Å². The first-order valence-corrected chi connectivity index (χ1v) is 10.4. The van der Waals surface area contributed by atoms with Gasteiger partial charge in [0.25, 0.3) is 5.91 Å². The van der Waals surface area contributed by atoms with Crippen LogP contribution in [0.1, 0.15) is 15.9 Å². The van der Waals surface area contributed by atoms with E-state index in [2.05, 4.69) is 33.3 Å². The van der Waals surface area contributed by atoms with E-state index in [-0.39, 0.29) is 11.8 Å². The van der Waals surface area contributed by atoms with Crippen LogP contribution < -0.4 is 0 Å². The minimum Gasteiger partial charge on any atom is -0.379 e. The van der Waals surface area contributed by atoms with E-state index >= 15 is 0 Å². The van der Waals surface area contributed by atoms with E-state index in [1.807, 2.05) is 41.6 Å². The summed E-state index contributed by atoms with van der Waals surface area (Å²) in [6.07, 6.45) is 9.69. The molecule has 3 aromatic heterocycles. The van der Waals surface area contributed by atoms with E-state index in [1.54, 1.807) is 23.3 Å². The second kappa shape index (κ2) is 8.65. The third-order valence-electron chi connectivity index (χ3n) is 5.59. The number of carbonyl (C=O) groups is 1. The maximum Gasteiger partial charge on any atom is 0.255 e. The fraction of sp³-hybridized carbons (Fsp3) is 0.250. The van der Waals surface area contributed by atoms with Crippen molar-refractivity contribution in [1.29, 1.82) is 0 Å². The second-order valence-electron chi connectivity index (χ2n) is 7.81. The fourth-order valence-corrected chi connectivity index (χ4v) is 4.02. The highest BCUT2D eigenvalue weighted by Gasteiger charge is 2.24. The number of carbonyl (C=O) groups excluding carboxylic acids is 1. The van der Waals surface area contributed by atoms with Gasteiger partial charge in [0.2, 0.25) is 0 Å². The molecule has 0 saturated carbocycles. The number of benzene rings is 1. The number of amides is 1. The smallest absolute Gasteiger partial charge is 0.255 e. The van der Waals surface area contributed by atoms with Crippen LogP contribution in [0.25, 0.3) is 16.6 Å². The first-order valence-electron chi connectivity index (χ1n) is 10.4. The van der Waals surface area contributed by atoms with Gasteiger partial charge in [-0.25, -0.2) is 9.67 Å². The molecule has 4 aromatic rings. The lowest BCUT2D eigenvalue weighted by molar-refractivity contribution is 0.0737. The van der Waals surface area contributed by atoms with Gasteiger partial charge >= 0.3 is 0 Å². The van der Waals surface area contributed by atoms with Crippen LogP contribution in [-0.4, -0.2) is 56.9 Å². The Kier molecular flexibility index (Phi) is 5.41. The lowest BCUT2D eigenvalue weighted by Crippen LogP contribution is -2.36. The Morgan fingerprint density at radius 3 is 2.90 bits per heavy atom. The van der Waals surface area contributed by atoms with Crippen molar-refractivity contribution in [3.8, 4) is 5.82 Å². The molecule has 1 aliphatic rings. The van der Waals surface area contributed by atoms with Gasteiger partial charge in [0.15, 0.2) is 5.82 Å². The van der Waals surface area contributed by atoms with Crippen LogP contribution in [0.5, 0.6) is 0 Å². The molecule has 0 radical (unpaired) electrons. The van der Waals surface area contributed by atoms with Crippen molar-refractivity contribution in [2.45, 2.75) is 6.42 Å². The zero-order valence-corrected chi connectivity index (χ0v) is 17.1. The Hall–Kier alpha value is -3.58. The van der Waals surface area contributed by atoms with E-state index in [1.165, 1.54) is 10.9 Å². The van der Waals surface area contributed by atoms with E-state index in [0.29, 0.717) is 37.7 Å². The summed E-state index contributed by atoms with van der Waals surface area (Å²) in [5, 5.41) is 6.48. The van der Waals surface area contributed by atoms with Gasteiger partial charge in [-0.2, -0.15) is 5.10 Å². The van der Waals surface area contributed by atoms with Gasteiger partial charge in [-0.1, -0.05) is 12.1 Å². The maximum atomic E-state index is 13.1. The molecule has 156 valence electrons. The highest BCUT2D eigenvalue weighted by atomic mass is 16.5. The minimum atomic E-state index is -0.0160. The van der Waals surface area contributed by atoms with Crippen LogP contribution in [0.2, 0.25) is 0 Å². The largest absolute Gasteiger partial charge is 0.379 e. The molecule has 1 unspecified atom stereocenters. The summed E-state index contributed by atoms with van der Waals surface area (Å²) in [6.45, 7) is 2.43. The van der Waals surface area contributed by atoms with Crippen LogP contribution in [0.3, 0.4) is 0 Å². The molecule has 31 heavy (non-hydrogen) atoms. The molecule has 1 saturated heterocycles. The number of nitrogens with zero attached hydrogens (tertiary/aromatic N) is 5. The molecule has 1 aromatic carbocycles. The Balaban J connectivity index is 1.29. The monoisotopic (exact) mass is 413 g/mol. The minimum absolute atomic E-state index is 0.0160. The maximum absolute atomic E-state index is 13.1. The Morgan fingerprint density at radius 1 is 1.10 bits per heavy atom. The SMILES string of the molecule is O=C(c1ccc(-n2cccn2)nc1)N1CCOCC(Cc2ccc3ccncc3c2)C1. The molecule has 0 aliphatic carbocycles. The molecule has 1 atom stereocenters. The van der Waals surface area contributed by atoms with Gasteiger partial charge in [0.1, 0.15) is 0 Å². The normalized spacial score (nSPS) is 16.9. The standard InChI is InChI=1S/C24H23N5O2/c30-24(21-4-5-23(26-15-21)29-9-1-7-27-29)28-10-11-31-17-19(16-28)12-18-2-3-20-6-8-25-14-22(20)13-18/h1-9,13-15,19H,10-12,16-17H2. The first-order chi connectivity index (χ1) is 15.3. The highest BCUT2D eigenvalue weighted by molar-refractivity contribution is 5.94. The van der Waals surface area contributed by atoms with Crippen molar-refractivity contribution < 1.29 is 9.53 Å². The number of ether oxygens (including phenoxy) is 1. The summed E-state index contributed by atoms with van der Waals surface area (Å²) in [5.41, 5.74) is 1.81. The molecule has 7 heteroatoms. The van der Waals surface area contributed by atoms with Gasteiger partial charge in [0, 0.05) is 55.4 Å². The summed E-state index contributed by atoms with van der Waals surface area (Å²) in [6, 6.07) is 13.9. The number of fused-ring (bicyclic) bond motifs is 1. The lowest BCUT2D eigenvalue weighted by atomic mass is 9.97. The lowest BCUT2D eigenvalue weighted by Gasteiger charge is -2.24. The third kappa shape index (κ3) is 4.32. The van der Waals surface area contributed by atoms with Gasteiger partial charge < -0.3 is 9.64 Å². The second-order valence-corrected chi connectivity index (χ2v) is 7.81. The molecular formula is C24H23N5O2. The number of rotatable bonds is 4. The molecule has 4 heterocycles. The van der Waals surface area contributed by atoms with Crippen molar-refractivity contribution in [3.05, 3.63) is 84.6 Å². The quantitative estimate of drug-likeness (QED) is 0.514. The molecule has 1 amide bonds. The number of hydrogen-bond acceptors (Lipinski definition) is 5. The van der Waals surface area contributed by atoms with Crippen LogP contribution in [0, 0.1) is 5.92 Å². The number of hydrogen-bond donors (Lipinski definition) is 0. The molecule has 5 rings (SSSR count). The molecule has 0 spiro atoms. The average Bonchev–Trinajstić information content (AvgIpc) is 3.26. The topological polar surface area (TPSA) is 73.1 Å². The summed E-state index contributed by atoms with van der Waals surface area (Å²) < 4.78 is 7.49. The Bertz CT molecular complexity index is 1170. The molecule has 1 fully saturated rings. The van der Waals surface area contributed by atoms with Gasteiger partial charge in [0.05, 0.1) is 18.8 Å². The van der Waals surface area contributed by atoms with E-state index in [4.69, 9.17) is 4.74 Å². The van der Waals surface area contributed by atoms with Crippen molar-refractivity contribution in [2.24, 2.45) is 5.92 Å². The van der Waals surface area contributed by atoms with Crippen molar-refractivity contribution >= 4 is 16.7 Å². The predicted octanol–water partition coefficient (Wildman–Crippen LogP) is 3.15. The van der Waals surface area contributed by atoms with Crippen LogP contribution in [0.4, 0.5) is 0 Å². The van der Waals surface area contributed by atoms with Crippen LogP contribution in [-0.2, 0) is 11.2 Å². The van der Waals surface area contributed by atoms with E-state index in [0.717, 1.165) is 11.8 Å². The van der Waals surface area contributed by atoms with Gasteiger partial charge in [-0.05, 0) is 47.7 Å². The summed E-state index contributed by atoms with van der Waals surface area (Å²) in [5.74, 6) is 0.902. The summed E-state index contributed by atoms with van der Waals surface area (Å²) in [7, 11) is 0. The fourth-order valence-electron chi connectivity index (χ4n) is 4.02. The predicted molar refractivity (Wildman–Crippen MR) is 117 cm³/mol. The summed E-state index contributed by atoms with van der Waals surface area (Å²) >= 11 is 0. The van der Waals surface area contributed by atoms with Crippen molar-refractivity contribution in [2.75, 3.05) is 26.3 Å². The van der Waals surface area contributed by atoms with Crippen LogP contribution in [0.15, 0.2) is 73.4 Å². The molecule has 7 nitrogen and oxygen atoms in total. The Labute approximate surface area is 180 Å². The van der Waals surface area contributed by atoms with Gasteiger partial charge in [-0.15, -0.1) is 0 Å². The first kappa shape index (κ1) is 19.4. The van der Waals surface area contributed by atoms with Crippen LogP contribution >= 0.6 is 0 Å². The van der Waals surface area contributed by atoms with E-state index in [9.17, 15) is 4.79 Å². The zero-order chi connectivity index (χ0) is 21.0. The van der Waals surface area contributed by atoms with Gasteiger partial charge in [-0.3, -0.25) is 9.78 Å². The van der Waals surface area contributed by atoms with E-state index < -0.39 is 0 Å².